The Balaban J connectivity index is 1.60. The standard InChI is InChI=1S/C14H16N4O2/c15-11-8-16-9-18-14(11)17-4-3-10-1-2-12-13(7-10)20-6-5-19-12/h1-2,7-9H,3-6,15H2,(H,16,17,18). The van der Waals surface area contributed by atoms with E-state index in [1.807, 2.05) is 18.2 Å². The molecule has 3 rings (SSSR count). The summed E-state index contributed by atoms with van der Waals surface area (Å²) >= 11 is 0. The Morgan fingerprint density at radius 2 is 2.05 bits per heavy atom. The number of aromatic nitrogens is 2. The Morgan fingerprint density at radius 3 is 2.90 bits per heavy atom. The average molecular weight is 272 g/mol. The number of nitrogens with zero attached hydrogens (tertiary/aromatic N) is 2. The fourth-order valence-electron chi connectivity index (χ4n) is 2.06. The molecule has 1 aliphatic heterocycles. The van der Waals surface area contributed by atoms with Crippen molar-refractivity contribution >= 4 is 11.5 Å². The van der Waals surface area contributed by atoms with Crippen LogP contribution in [-0.2, 0) is 6.42 Å². The van der Waals surface area contributed by atoms with E-state index in [0.29, 0.717) is 24.7 Å². The van der Waals surface area contributed by atoms with Crippen molar-refractivity contribution in [3.8, 4) is 11.5 Å². The fourth-order valence-corrected chi connectivity index (χ4v) is 2.06. The van der Waals surface area contributed by atoms with Crippen molar-refractivity contribution in [1.82, 2.24) is 9.97 Å². The molecule has 0 radical (unpaired) electrons. The van der Waals surface area contributed by atoms with Crippen molar-refractivity contribution in [1.29, 1.82) is 0 Å². The van der Waals surface area contributed by atoms with Gasteiger partial charge in [0, 0.05) is 6.54 Å². The molecule has 0 aliphatic carbocycles. The van der Waals surface area contributed by atoms with Crippen LogP contribution in [0.3, 0.4) is 0 Å². The predicted octanol–water partition coefficient (Wildman–Crippen LogP) is 1.48. The van der Waals surface area contributed by atoms with Crippen molar-refractivity contribution < 1.29 is 9.47 Å². The fraction of sp³-hybridized carbons (Fsp3) is 0.286. The van der Waals surface area contributed by atoms with Crippen LogP contribution >= 0.6 is 0 Å². The van der Waals surface area contributed by atoms with E-state index in [4.69, 9.17) is 15.2 Å². The van der Waals surface area contributed by atoms with Gasteiger partial charge in [-0.15, -0.1) is 0 Å². The summed E-state index contributed by atoms with van der Waals surface area (Å²) in [6.07, 6.45) is 3.91. The monoisotopic (exact) mass is 272 g/mol. The van der Waals surface area contributed by atoms with Gasteiger partial charge >= 0.3 is 0 Å². The van der Waals surface area contributed by atoms with Gasteiger partial charge < -0.3 is 20.5 Å². The number of hydrogen-bond donors (Lipinski definition) is 2. The Hall–Kier alpha value is -2.50. The van der Waals surface area contributed by atoms with Crippen LogP contribution in [-0.4, -0.2) is 29.7 Å². The van der Waals surface area contributed by atoms with E-state index in [9.17, 15) is 0 Å². The van der Waals surface area contributed by atoms with Gasteiger partial charge in [-0.1, -0.05) is 6.07 Å². The first-order chi connectivity index (χ1) is 9.83. The Morgan fingerprint density at radius 1 is 1.20 bits per heavy atom. The van der Waals surface area contributed by atoms with Crippen molar-refractivity contribution in [3.63, 3.8) is 0 Å². The average Bonchev–Trinajstić information content (AvgIpc) is 2.49. The van der Waals surface area contributed by atoms with Crippen LogP contribution in [0.5, 0.6) is 11.5 Å². The minimum absolute atomic E-state index is 0.551. The molecule has 0 spiro atoms. The molecule has 1 aliphatic rings. The van der Waals surface area contributed by atoms with Gasteiger partial charge in [-0.25, -0.2) is 9.97 Å². The molecule has 2 heterocycles. The molecule has 1 aromatic heterocycles. The first kappa shape index (κ1) is 12.5. The van der Waals surface area contributed by atoms with Crippen LogP contribution in [0, 0.1) is 0 Å². The number of nitrogens with two attached hydrogens (primary N) is 1. The summed E-state index contributed by atoms with van der Waals surface area (Å²) in [7, 11) is 0. The second kappa shape index (κ2) is 5.64. The van der Waals surface area contributed by atoms with Crippen molar-refractivity contribution in [2.45, 2.75) is 6.42 Å². The molecule has 104 valence electrons. The van der Waals surface area contributed by atoms with Gasteiger partial charge in [0.05, 0.1) is 11.9 Å². The smallest absolute Gasteiger partial charge is 0.161 e. The van der Waals surface area contributed by atoms with E-state index in [-0.39, 0.29) is 0 Å². The molecule has 0 unspecified atom stereocenters. The van der Waals surface area contributed by atoms with Gasteiger partial charge in [-0.2, -0.15) is 0 Å². The molecule has 2 aromatic rings. The molecule has 0 fully saturated rings. The predicted molar refractivity (Wildman–Crippen MR) is 76.1 cm³/mol. The zero-order valence-corrected chi connectivity index (χ0v) is 11.0. The summed E-state index contributed by atoms with van der Waals surface area (Å²) < 4.78 is 11.1. The second-order valence-electron chi connectivity index (χ2n) is 4.48. The molecule has 6 heteroatoms. The highest BCUT2D eigenvalue weighted by atomic mass is 16.6. The van der Waals surface area contributed by atoms with Gasteiger partial charge in [0.2, 0.25) is 0 Å². The molecule has 3 N–H and O–H groups in total. The number of nitrogen functional groups attached to an aromatic ring is 1. The third-order valence-corrected chi connectivity index (χ3v) is 3.05. The van der Waals surface area contributed by atoms with Gasteiger partial charge in [0.1, 0.15) is 19.5 Å². The van der Waals surface area contributed by atoms with Gasteiger partial charge in [0.25, 0.3) is 0 Å². The quantitative estimate of drug-likeness (QED) is 0.877. The molecule has 0 saturated carbocycles. The molecule has 6 nitrogen and oxygen atoms in total. The zero-order valence-electron chi connectivity index (χ0n) is 11.0. The van der Waals surface area contributed by atoms with Crippen molar-refractivity contribution in [2.24, 2.45) is 0 Å². The van der Waals surface area contributed by atoms with E-state index in [2.05, 4.69) is 15.3 Å². The van der Waals surface area contributed by atoms with E-state index >= 15 is 0 Å². The lowest BCUT2D eigenvalue weighted by Crippen LogP contribution is -2.15. The molecule has 0 atom stereocenters. The lowest BCUT2D eigenvalue weighted by Gasteiger charge is -2.19. The highest BCUT2D eigenvalue weighted by Crippen LogP contribution is 2.30. The molecular weight excluding hydrogens is 256 g/mol. The Labute approximate surface area is 116 Å². The van der Waals surface area contributed by atoms with Gasteiger partial charge in [0.15, 0.2) is 17.3 Å². The highest BCUT2D eigenvalue weighted by molar-refractivity contribution is 5.58. The van der Waals surface area contributed by atoms with E-state index in [1.165, 1.54) is 11.9 Å². The summed E-state index contributed by atoms with van der Waals surface area (Å²) in [6.45, 7) is 1.95. The molecular formula is C14H16N4O2. The Bertz CT molecular complexity index is 603. The molecule has 20 heavy (non-hydrogen) atoms. The SMILES string of the molecule is Nc1cncnc1NCCc1ccc2c(c1)OCCO2. The summed E-state index contributed by atoms with van der Waals surface area (Å²) in [5.41, 5.74) is 7.49. The lowest BCUT2D eigenvalue weighted by molar-refractivity contribution is 0.171. The third kappa shape index (κ3) is 2.74. The van der Waals surface area contributed by atoms with Crippen LogP contribution in [0.1, 0.15) is 5.56 Å². The topological polar surface area (TPSA) is 82.3 Å². The minimum Gasteiger partial charge on any atom is -0.486 e. The third-order valence-electron chi connectivity index (χ3n) is 3.05. The van der Waals surface area contributed by atoms with Crippen LogP contribution in [0.4, 0.5) is 11.5 Å². The number of nitrogens with one attached hydrogen (secondary N) is 1. The maximum absolute atomic E-state index is 5.77. The van der Waals surface area contributed by atoms with Crippen molar-refractivity contribution in [2.75, 3.05) is 30.8 Å². The number of rotatable bonds is 4. The normalized spacial score (nSPS) is 13.0. The van der Waals surface area contributed by atoms with Crippen LogP contribution in [0.2, 0.25) is 0 Å². The summed E-state index contributed by atoms with van der Waals surface area (Å²) in [5, 5.41) is 3.19. The van der Waals surface area contributed by atoms with Crippen LogP contribution in [0.25, 0.3) is 0 Å². The zero-order chi connectivity index (χ0) is 13.8. The number of benzene rings is 1. The summed E-state index contributed by atoms with van der Waals surface area (Å²) in [4.78, 5) is 7.94. The molecule has 0 saturated heterocycles. The van der Waals surface area contributed by atoms with Crippen molar-refractivity contribution in [3.05, 3.63) is 36.3 Å². The van der Waals surface area contributed by atoms with Gasteiger partial charge in [-0.05, 0) is 24.1 Å². The van der Waals surface area contributed by atoms with Gasteiger partial charge in [-0.3, -0.25) is 0 Å². The van der Waals surface area contributed by atoms with E-state index in [1.54, 1.807) is 6.20 Å². The van der Waals surface area contributed by atoms with Crippen LogP contribution < -0.4 is 20.5 Å². The number of hydrogen-bond acceptors (Lipinski definition) is 6. The highest BCUT2D eigenvalue weighted by Gasteiger charge is 2.11. The number of anilines is 2. The summed E-state index contributed by atoms with van der Waals surface area (Å²) in [6, 6.07) is 6.00. The maximum atomic E-state index is 5.77. The molecule has 0 amide bonds. The second-order valence-corrected chi connectivity index (χ2v) is 4.48. The Kier molecular flexibility index (Phi) is 3.54. The molecule has 1 aromatic carbocycles. The van der Waals surface area contributed by atoms with E-state index in [0.717, 1.165) is 24.5 Å². The van der Waals surface area contributed by atoms with E-state index < -0.39 is 0 Å². The first-order valence-corrected chi connectivity index (χ1v) is 6.51. The first-order valence-electron chi connectivity index (χ1n) is 6.51. The minimum atomic E-state index is 0.551. The van der Waals surface area contributed by atoms with Crippen LogP contribution in [0.15, 0.2) is 30.7 Å². The largest absolute Gasteiger partial charge is 0.486 e. The summed E-state index contributed by atoms with van der Waals surface area (Å²) in [5.74, 6) is 2.29. The lowest BCUT2D eigenvalue weighted by atomic mass is 10.1. The number of ether oxygens (including phenoxy) is 2. The number of fused-ring (bicyclic) bond motifs is 1. The molecule has 0 bridgehead atoms. The maximum Gasteiger partial charge on any atom is 0.161 e.